The van der Waals surface area contributed by atoms with Crippen LogP contribution in [0.2, 0.25) is 0 Å². The molecule has 0 bridgehead atoms. The molecule has 0 radical (unpaired) electrons. The van der Waals surface area contributed by atoms with Crippen LogP contribution in [0.25, 0.3) is 0 Å². The summed E-state index contributed by atoms with van der Waals surface area (Å²) in [5.74, 6) is -0.230. The number of benzene rings is 2. The van der Waals surface area contributed by atoms with Crippen molar-refractivity contribution in [2.24, 2.45) is 0 Å². The molecule has 0 saturated carbocycles. The van der Waals surface area contributed by atoms with Gasteiger partial charge < -0.3 is 10.1 Å². The summed E-state index contributed by atoms with van der Waals surface area (Å²) in [5.41, 5.74) is 1.90. The molecular weight excluding hydrogens is 312 g/mol. The topological polar surface area (TPSA) is 98.5 Å². The number of ether oxygens (including phenoxy) is 1. The van der Waals surface area contributed by atoms with Crippen molar-refractivity contribution in [3.8, 4) is 5.75 Å². The Kier molecular flexibility index (Phi) is 5.62. The Morgan fingerprint density at radius 2 is 1.96 bits per heavy atom. The molecule has 0 atom stereocenters. The van der Waals surface area contributed by atoms with E-state index in [1.54, 1.807) is 0 Å². The van der Waals surface area contributed by atoms with E-state index in [-0.39, 0.29) is 29.5 Å². The maximum Gasteiger partial charge on any atom is 0.270 e. The van der Waals surface area contributed by atoms with Crippen molar-refractivity contribution in [3.05, 3.63) is 69.3 Å². The number of rotatable bonds is 7. The van der Waals surface area contributed by atoms with Gasteiger partial charge in [0.15, 0.2) is 12.9 Å². The lowest BCUT2D eigenvalue weighted by atomic mass is 10.1. The Balaban J connectivity index is 1.90. The predicted octanol–water partition coefficient (Wildman–Crippen LogP) is 2.41. The fourth-order valence-electron chi connectivity index (χ4n) is 1.97. The summed E-state index contributed by atoms with van der Waals surface area (Å²) in [4.78, 5) is 32.8. The van der Waals surface area contributed by atoms with Gasteiger partial charge in [0.05, 0.1) is 10.5 Å². The largest absolute Gasteiger partial charge is 0.483 e. The summed E-state index contributed by atoms with van der Waals surface area (Å²) in [6.45, 7) is 2.05. The van der Waals surface area contributed by atoms with Gasteiger partial charge in [0.25, 0.3) is 11.6 Å². The number of nitrogens with zero attached hydrogens (tertiary/aromatic N) is 1. The number of aldehydes is 1. The minimum atomic E-state index is -0.606. The van der Waals surface area contributed by atoms with E-state index in [9.17, 15) is 19.7 Å². The van der Waals surface area contributed by atoms with E-state index in [0.717, 1.165) is 17.2 Å². The number of hydrogen-bond acceptors (Lipinski definition) is 5. The lowest BCUT2D eigenvalue weighted by molar-refractivity contribution is -0.384. The predicted molar refractivity (Wildman–Crippen MR) is 87.0 cm³/mol. The van der Waals surface area contributed by atoms with Gasteiger partial charge in [-0.2, -0.15) is 0 Å². The van der Waals surface area contributed by atoms with Crippen LogP contribution in [0.3, 0.4) is 0 Å². The molecule has 0 aliphatic carbocycles. The van der Waals surface area contributed by atoms with E-state index < -0.39 is 4.92 Å². The number of nitro groups is 1. The number of hydrogen-bond donors (Lipinski definition) is 1. The Hall–Kier alpha value is -3.22. The third kappa shape index (κ3) is 4.64. The van der Waals surface area contributed by atoms with E-state index in [1.807, 2.05) is 31.2 Å². The van der Waals surface area contributed by atoms with Gasteiger partial charge in [0.2, 0.25) is 0 Å². The molecule has 0 unspecified atom stereocenters. The number of non-ortho nitro benzene ring substituents is 1. The summed E-state index contributed by atoms with van der Waals surface area (Å²) in [6.07, 6.45) is 0.451. The molecule has 0 saturated heterocycles. The number of nitro benzene ring substituents is 1. The van der Waals surface area contributed by atoms with Crippen LogP contribution in [0.1, 0.15) is 21.5 Å². The van der Waals surface area contributed by atoms with E-state index in [4.69, 9.17) is 4.74 Å². The number of nitrogens with one attached hydrogen (secondary N) is 1. The smallest absolute Gasteiger partial charge is 0.270 e. The molecule has 7 heteroatoms. The first-order chi connectivity index (χ1) is 11.5. The minimum Gasteiger partial charge on any atom is -0.483 e. The first-order valence-electron chi connectivity index (χ1n) is 7.18. The summed E-state index contributed by atoms with van der Waals surface area (Å²) >= 11 is 0. The van der Waals surface area contributed by atoms with Gasteiger partial charge in [-0.25, -0.2) is 0 Å². The summed E-state index contributed by atoms with van der Waals surface area (Å²) < 4.78 is 5.27. The highest BCUT2D eigenvalue weighted by molar-refractivity contribution is 5.81. The molecule has 24 heavy (non-hydrogen) atoms. The Morgan fingerprint density at radius 3 is 2.58 bits per heavy atom. The van der Waals surface area contributed by atoms with Crippen LogP contribution in [0.4, 0.5) is 5.69 Å². The number of carbonyl (C=O) groups excluding carboxylic acids is 2. The monoisotopic (exact) mass is 328 g/mol. The number of carbonyl (C=O) groups is 2. The highest BCUT2D eigenvalue weighted by Crippen LogP contribution is 2.22. The second kappa shape index (κ2) is 7.87. The molecule has 2 aromatic rings. The zero-order chi connectivity index (χ0) is 17.5. The second-order valence-corrected chi connectivity index (χ2v) is 5.15. The van der Waals surface area contributed by atoms with Crippen molar-refractivity contribution >= 4 is 17.9 Å². The molecule has 1 amide bonds. The quantitative estimate of drug-likeness (QED) is 0.478. The summed E-state index contributed by atoms with van der Waals surface area (Å²) in [5, 5.41) is 13.4. The van der Waals surface area contributed by atoms with Crippen LogP contribution < -0.4 is 10.1 Å². The molecule has 0 fully saturated rings. The number of amides is 1. The molecule has 124 valence electrons. The molecule has 0 spiro atoms. The molecule has 1 N–H and O–H groups in total. The van der Waals surface area contributed by atoms with Crippen LogP contribution in [0.15, 0.2) is 42.5 Å². The molecule has 2 aromatic carbocycles. The van der Waals surface area contributed by atoms with Crippen molar-refractivity contribution < 1.29 is 19.2 Å². The van der Waals surface area contributed by atoms with E-state index in [0.29, 0.717) is 12.8 Å². The zero-order valence-corrected chi connectivity index (χ0v) is 13.0. The van der Waals surface area contributed by atoms with Crippen molar-refractivity contribution in [1.29, 1.82) is 0 Å². The summed E-state index contributed by atoms with van der Waals surface area (Å²) in [7, 11) is 0. The maximum atomic E-state index is 11.8. The van der Waals surface area contributed by atoms with Crippen LogP contribution in [-0.2, 0) is 11.3 Å². The van der Waals surface area contributed by atoms with Crippen molar-refractivity contribution in [1.82, 2.24) is 5.32 Å². The van der Waals surface area contributed by atoms with Crippen LogP contribution in [0, 0.1) is 17.0 Å². The molecule has 0 aliphatic rings. The molecule has 0 heterocycles. The molecule has 0 aliphatic heterocycles. The Bertz CT molecular complexity index is 756. The Morgan fingerprint density at radius 1 is 1.25 bits per heavy atom. The normalized spacial score (nSPS) is 10.0. The third-order valence-electron chi connectivity index (χ3n) is 3.30. The first-order valence-corrected chi connectivity index (χ1v) is 7.18. The lowest BCUT2D eigenvalue weighted by Gasteiger charge is -2.09. The van der Waals surface area contributed by atoms with Crippen LogP contribution in [0.5, 0.6) is 5.75 Å². The average Bonchev–Trinajstić information content (AvgIpc) is 2.59. The third-order valence-corrected chi connectivity index (χ3v) is 3.30. The molecular formula is C17H16N2O5. The van der Waals surface area contributed by atoms with Gasteiger partial charge in [0.1, 0.15) is 5.75 Å². The highest BCUT2D eigenvalue weighted by Gasteiger charge is 2.12. The van der Waals surface area contributed by atoms with Gasteiger partial charge in [0, 0.05) is 18.7 Å². The first kappa shape index (κ1) is 17.1. The lowest BCUT2D eigenvalue weighted by Crippen LogP contribution is -2.28. The van der Waals surface area contributed by atoms with Crippen molar-refractivity contribution in [2.45, 2.75) is 13.5 Å². The standard InChI is InChI=1S/C17H16N2O5/c1-12-2-4-13(5-3-12)9-18-17(21)11-24-16-7-6-15(19(22)23)8-14(16)10-20/h2-8,10H,9,11H2,1H3,(H,18,21). The van der Waals surface area contributed by atoms with Crippen molar-refractivity contribution in [3.63, 3.8) is 0 Å². The molecule has 0 aromatic heterocycles. The molecule has 2 rings (SSSR count). The maximum absolute atomic E-state index is 11.8. The second-order valence-electron chi connectivity index (χ2n) is 5.15. The van der Waals surface area contributed by atoms with Gasteiger partial charge in [-0.05, 0) is 18.6 Å². The minimum absolute atomic E-state index is 0.0236. The van der Waals surface area contributed by atoms with Crippen LogP contribution >= 0.6 is 0 Å². The van der Waals surface area contributed by atoms with Gasteiger partial charge >= 0.3 is 0 Å². The molecule has 7 nitrogen and oxygen atoms in total. The van der Waals surface area contributed by atoms with E-state index in [1.165, 1.54) is 12.1 Å². The Labute approximate surface area is 138 Å². The van der Waals surface area contributed by atoms with Gasteiger partial charge in [-0.3, -0.25) is 19.7 Å². The highest BCUT2D eigenvalue weighted by atomic mass is 16.6. The SMILES string of the molecule is Cc1ccc(CNC(=O)COc2ccc([N+](=O)[O-])cc2C=O)cc1. The van der Waals surface area contributed by atoms with Crippen molar-refractivity contribution in [2.75, 3.05) is 6.61 Å². The average molecular weight is 328 g/mol. The number of aryl methyl sites for hydroxylation is 1. The van der Waals surface area contributed by atoms with Gasteiger partial charge in [-0.15, -0.1) is 0 Å². The fraction of sp³-hybridized carbons (Fsp3) is 0.176. The van der Waals surface area contributed by atoms with Crippen LogP contribution in [-0.4, -0.2) is 23.7 Å². The van der Waals surface area contributed by atoms with E-state index >= 15 is 0 Å². The van der Waals surface area contributed by atoms with Gasteiger partial charge in [-0.1, -0.05) is 29.8 Å². The van der Waals surface area contributed by atoms with E-state index in [2.05, 4.69) is 5.32 Å². The zero-order valence-electron chi connectivity index (χ0n) is 13.0. The summed E-state index contributed by atoms with van der Waals surface area (Å²) in [6, 6.07) is 11.3. The fourth-order valence-corrected chi connectivity index (χ4v) is 1.97.